The van der Waals surface area contributed by atoms with Gasteiger partial charge in [-0.1, -0.05) is 12.1 Å². The standard InChI is InChI=1S/C27H23F5N2O4S/c28-19-7-8-23(29)22(13-19)17-6-9-25-24(11-17)34(15-20(38-25)14-33-26(35)10-16-4-5-16)39(36,37)21-3-1-2-18(12-21)27(30,31)32/h1-3,6-9,11-13,16,20H,4-5,10,14-15H2,(H,33,35). The molecule has 0 radical (unpaired) electrons. The van der Waals surface area contributed by atoms with Crippen molar-refractivity contribution >= 4 is 21.6 Å². The molecule has 0 saturated heterocycles. The number of rotatable bonds is 7. The van der Waals surface area contributed by atoms with Crippen LogP contribution in [0.4, 0.5) is 27.6 Å². The lowest BCUT2D eigenvalue weighted by atomic mass is 10.0. The van der Waals surface area contributed by atoms with Crippen molar-refractivity contribution in [3.63, 3.8) is 0 Å². The summed E-state index contributed by atoms with van der Waals surface area (Å²) in [6.07, 6.45) is -3.35. The summed E-state index contributed by atoms with van der Waals surface area (Å²) in [6, 6.07) is 10.2. The molecule has 1 aliphatic carbocycles. The quantitative estimate of drug-likeness (QED) is 0.382. The average Bonchev–Trinajstić information content (AvgIpc) is 3.71. The number of sulfonamides is 1. The summed E-state index contributed by atoms with van der Waals surface area (Å²) in [5.74, 6) is -1.29. The van der Waals surface area contributed by atoms with Crippen LogP contribution in [0.5, 0.6) is 5.75 Å². The molecule has 1 aliphatic heterocycles. The van der Waals surface area contributed by atoms with Gasteiger partial charge in [-0.05, 0) is 72.9 Å². The van der Waals surface area contributed by atoms with E-state index in [1.54, 1.807) is 0 Å². The van der Waals surface area contributed by atoms with E-state index in [0.29, 0.717) is 18.4 Å². The van der Waals surface area contributed by atoms with Gasteiger partial charge >= 0.3 is 6.18 Å². The third-order valence-corrected chi connectivity index (χ3v) is 8.35. The fourth-order valence-corrected chi connectivity index (χ4v) is 5.92. The smallest absolute Gasteiger partial charge is 0.416 e. The van der Waals surface area contributed by atoms with Gasteiger partial charge in [0.25, 0.3) is 10.0 Å². The molecule has 1 heterocycles. The molecule has 12 heteroatoms. The molecular formula is C27H23F5N2O4S. The molecule has 1 unspecified atom stereocenters. The number of nitrogens with zero attached hydrogens (tertiary/aromatic N) is 1. The normalized spacial score (nSPS) is 17.4. The van der Waals surface area contributed by atoms with E-state index in [1.807, 2.05) is 0 Å². The first-order chi connectivity index (χ1) is 18.4. The molecule has 0 spiro atoms. The zero-order valence-corrected chi connectivity index (χ0v) is 21.2. The number of carbonyl (C=O) groups excluding carboxylic acids is 1. The molecule has 2 aliphatic rings. The van der Waals surface area contributed by atoms with E-state index in [4.69, 9.17) is 4.74 Å². The summed E-state index contributed by atoms with van der Waals surface area (Å²) < 4.78 is 103. The average molecular weight is 567 g/mol. The van der Waals surface area contributed by atoms with Gasteiger partial charge in [-0.15, -0.1) is 0 Å². The second kappa shape index (κ2) is 10.1. The Hall–Kier alpha value is -3.67. The number of carbonyl (C=O) groups is 1. The lowest BCUT2D eigenvalue weighted by Crippen LogP contribution is -2.48. The van der Waals surface area contributed by atoms with Gasteiger partial charge in [0, 0.05) is 12.0 Å². The number of hydrogen-bond acceptors (Lipinski definition) is 4. The maximum atomic E-state index is 14.5. The number of benzene rings is 3. The Morgan fingerprint density at radius 1 is 1.03 bits per heavy atom. The van der Waals surface area contributed by atoms with E-state index < -0.39 is 44.4 Å². The van der Waals surface area contributed by atoms with Gasteiger partial charge in [-0.2, -0.15) is 13.2 Å². The Bertz CT molecular complexity index is 1520. The van der Waals surface area contributed by atoms with E-state index >= 15 is 0 Å². The van der Waals surface area contributed by atoms with Crippen LogP contribution in [-0.2, 0) is 21.0 Å². The van der Waals surface area contributed by atoms with Crippen molar-refractivity contribution in [2.24, 2.45) is 5.92 Å². The van der Waals surface area contributed by atoms with Crippen molar-refractivity contribution in [2.75, 3.05) is 17.4 Å². The monoisotopic (exact) mass is 566 g/mol. The number of amides is 1. The van der Waals surface area contributed by atoms with Crippen LogP contribution in [0.15, 0.2) is 65.6 Å². The number of fused-ring (bicyclic) bond motifs is 1. The first-order valence-electron chi connectivity index (χ1n) is 12.1. The van der Waals surface area contributed by atoms with Gasteiger partial charge in [0.15, 0.2) is 0 Å². The van der Waals surface area contributed by atoms with E-state index in [2.05, 4.69) is 5.32 Å². The van der Waals surface area contributed by atoms with Crippen LogP contribution in [0.2, 0.25) is 0 Å². The molecule has 0 aromatic heterocycles. The highest BCUT2D eigenvalue weighted by molar-refractivity contribution is 7.92. The molecule has 5 rings (SSSR count). The second-order valence-electron chi connectivity index (χ2n) is 9.56. The summed E-state index contributed by atoms with van der Waals surface area (Å²) in [7, 11) is -4.58. The minimum absolute atomic E-state index is 0.0418. The number of anilines is 1. The van der Waals surface area contributed by atoms with Gasteiger partial charge in [-0.3, -0.25) is 9.10 Å². The molecule has 1 N–H and O–H groups in total. The maximum absolute atomic E-state index is 14.5. The van der Waals surface area contributed by atoms with Gasteiger partial charge < -0.3 is 10.1 Å². The molecule has 1 saturated carbocycles. The number of alkyl halides is 3. The molecule has 39 heavy (non-hydrogen) atoms. The summed E-state index contributed by atoms with van der Waals surface area (Å²) >= 11 is 0. The van der Waals surface area contributed by atoms with Crippen LogP contribution in [0, 0.1) is 17.6 Å². The lowest BCUT2D eigenvalue weighted by molar-refractivity contribution is -0.137. The molecule has 1 fully saturated rings. The van der Waals surface area contributed by atoms with Gasteiger partial charge in [0.05, 0.1) is 29.2 Å². The van der Waals surface area contributed by atoms with Crippen LogP contribution in [-0.4, -0.2) is 33.5 Å². The molecule has 1 amide bonds. The van der Waals surface area contributed by atoms with E-state index in [-0.39, 0.29) is 41.6 Å². The van der Waals surface area contributed by atoms with Crippen molar-refractivity contribution in [1.82, 2.24) is 5.32 Å². The zero-order chi connectivity index (χ0) is 27.9. The van der Waals surface area contributed by atoms with Crippen molar-refractivity contribution in [1.29, 1.82) is 0 Å². The first kappa shape index (κ1) is 26.9. The fourth-order valence-electron chi connectivity index (χ4n) is 4.38. The maximum Gasteiger partial charge on any atom is 0.416 e. The molecule has 206 valence electrons. The summed E-state index contributed by atoms with van der Waals surface area (Å²) in [6.45, 7) is -0.385. The SMILES string of the molecule is O=C(CC1CC1)NCC1CN(S(=O)(=O)c2cccc(C(F)(F)F)c2)c2cc(-c3cc(F)ccc3F)ccc2O1. The Morgan fingerprint density at radius 2 is 1.79 bits per heavy atom. The lowest BCUT2D eigenvalue weighted by Gasteiger charge is -2.36. The fraction of sp³-hybridized carbons (Fsp3) is 0.296. The number of hydrogen-bond donors (Lipinski definition) is 1. The van der Waals surface area contributed by atoms with Crippen molar-refractivity contribution in [3.05, 3.63) is 77.9 Å². The minimum Gasteiger partial charge on any atom is -0.484 e. The van der Waals surface area contributed by atoms with Crippen molar-refractivity contribution in [2.45, 2.75) is 36.4 Å². The van der Waals surface area contributed by atoms with E-state index in [0.717, 1.165) is 53.5 Å². The zero-order valence-electron chi connectivity index (χ0n) is 20.3. The first-order valence-corrected chi connectivity index (χ1v) is 13.6. The van der Waals surface area contributed by atoms with Crippen molar-refractivity contribution < 1.29 is 39.9 Å². The largest absolute Gasteiger partial charge is 0.484 e. The van der Waals surface area contributed by atoms with Crippen LogP contribution in [0.3, 0.4) is 0 Å². The number of nitrogens with one attached hydrogen (secondary N) is 1. The van der Waals surface area contributed by atoms with Crippen LogP contribution < -0.4 is 14.4 Å². The second-order valence-corrected chi connectivity index (χ2v) is 11.4. The summed E-state index contributed by atoms with van der Waals surface area (Å²) in [4.78, 5) is 11.6. The molecule has 6 nitrogen and oxygen atoms in total. The number of ether oxygens (including phenoxy) is 1. The molecular weight excluding hydrogens is 543 g/mol. The van der Waals surface area contributed by atoms with Crippen LogP contribution in [0.1, 0.15) is 24.8 Å². The Balaban J connectivity index is 1.53. The van der Waals surface area contributed by atoms with Gasteiger partial charge in [0.2, 0.25) is 5.91 Å². The van der Waals surface area contributed by atoms with Gasteiger partial charge in [-0.25, -0.2) is 17.2 Å². The Morgan fingerprint density at radius 3 is 2.51 bits per heavy atom. The molecule has 0 bridgehead atoms. The highest BCUT2D eigenvalue weighted by Gasteiger charge is 2.37. The summed E-state index contributed by atoms with van der Waals surface area (Å²) in [5.41, 5.74) is -1.20. The van der Waals surface area contributed by atoms with Gasteiger partial charge in [0.1, 0.15) is 23.5 Å². The predicted molar refractivity (Wildman–Crippen MR) is 133 cm³/mol. The van der Waals surface area contributed by atoms with E-state index in [1.165, 1.54) is 18.2 Å². The molecule has 3 aromatic carbocycles. The summed E-state index contributed by atoms with van der Waals surface area (Å²) in [5, 5.41) is 2.72. The Kier molecular flexibility index (Phi) is 7.00. The number of halogens is 5. The Labute approximate surface area is 221 Å². The van der Waals surface area contributed by atoms with E-state index in [9.17, 15) is 35.2 Å². The topological polar surface area (TPSA) is 75.7 Å². The third-order valence-electron chi connectivity index (χ3n) is 6.58. The molecule has 1 atom stereocenters. The van der Waals surface area contributed by atoms with Crippen molar-refractivity contribution in [3.8, 4) is 16.9 Å². The molecule has 3 aromatic rings. The predicted octanol–water partition coefficient (Wildman–Crippen LogP) is 5.52. The highest BCUT2D eigenvalue weighted by Crippen LogP contribution is 2.41. The third kappa shape index (κ3) is 5.85. The minimum atomic E-state index is -4.77. The highest BCUT2D eigenvalue weighted by atomic mass is 32.2. The van der Waals surface area contributed by atoms with Crippen LogP contribution in [0.25, 0.3) is 11.1 Å². The van der Waals surface area contributed by atoms with Crippen LogP contribution >= 0.6 is 0 Å².